The number of nitrogens with two attached hydrogens (primary N) is 1. The Morgan fingerprint density at radius 2 is 2.16 bits per heavy atom. The summed E-state index contributed by atoms with van der Waals surface area (Å²) < 4.78 is 19.0. The quantitative estimate of drug-likeness (QED) is 0.668. The fourth-order valence-corrected chi connectivity index (χ4v) is 1.43. The lowest BCUT2D eigenvalue weighted by atomic mass is 10.2. The van der Waals surface area contributed by atoms with E-state index in [0.29, 0.717) is 5.56 Å². The molecule has 0 fully saturated rings. The van der Waals surface area contributed by atoms with E-state index in [1.165, 1.54) is 12.1 Å². The molecule has 0 amide bonds. The van der Waals surface area contributed by atoms with Crippen molar-refractivity contribution in [2.24, 2.45) is 5.73 Å². The van der Waals surface area contributed by atoms with E-state index in [-0.39, 0.29) is 30.6 Å². The second-order valence-corrected chi connectivity index (χ2v) is 3.71. The van der Waals surface area contributed by atoms with Gasteiger partial charge in [-0.05, 0) is 24.3 Å². The van der Waals surface area contributed by atoms with E-state index in [1.807, 2.05) is 6.07 Å². The highest BCUT2D eigenvalue weighted by atomic mass is 35.5. The molecule has 0 aliphatic heterocycles. The molecule has 1 heterocycles. The van der Waals surface area contributed by atoms with Gasteiger partial charge in [0.05, 0.1) is 0 Å². The molecule has 0 atom stereocenters. The van der Waals surface area contributed by atoms with Gasteiger partial charge in [-0.1, -0.05) is 6.07 Å². The monoisotopic (exact) mass is 281 g/mol. The molecule has 0 spiro atoms. The lowest BCUT2D eigenvalue weighted by Gasteiger charge is -2.08. The van der Waals surface area contributed by atoms with Crippen molar-refractivity contribution in [2.75, 3.05) is 0 Å². The number of pyridine rings is 1. The van der Waals surface area contributed by atoms with Gasteiger partial charge in [-0.25, -0.2) is 4.39 Å². The van der Waals surface area contributed by atoms with E-state index < -0.39 is 5.82 Å². The largest absolute Gasteiger partial charge is 0.486 e. The molecule has 4 nitrogen and oxygen atoms in total. The fourth-order valence-electron chi connectivity index (χ4n) is 1.43. The fraction of sp³-hybridized carbons (Fsp3) is 0.0769. The number of nitrogens with zero attached hydrogens (tertiary/aromatic N) is 1. The van der Waals surface area contributed by atoms with Crippen LogP contribution in [0, 0.1) is 11.2 Å². The van der Waals surface area contributed by atoms with Crippen LogP contribution in [0.5, 0.6) is 5.75 Å². The molecule has 0 aliphatic carbocycles. The number of rotatable bonds is 4. The number of aromatic nitrogens is 1. The van der Waals surface area contributed by atoms with Crippen LogP contribution in [0.3, 0.4) is 0 Å². The molecule has 6 heteroatoms. The number of hydrogen-bond acceptors (Lipinski definition) is 3. The maximum absolute atomic E-state index is 13.6. The number of ether oxygens (including phenoxy) is 1. The van der Waals surface area contributed by atoms with E-state index in [2.05, 4.69) is 4.98 Å². The van der Waals surface area contributed by atoms with Crippen LogP contribution in [0.2, 0.25) is 0 Å². The SMILES string of the molecule is Cl.N=C(N)c1ccc(OCc2cccnc2)c(F)c1. The maximum atomic E-state index is 13.6. The summed E-state index contributed by atoms with van der Waals surface area (Å²) in [4.78, 5) is 3.94. The second kappa shape index (κ2) is 6.70. The zero-order chi connectivity index (χ0) is 13.0. The molecule has 1 aromatic heterocycles. The van der Waals surface area contributed by atoms with E-state index in [0.717, 1.165) is 5.56 Å². The van der Waals surface area contributed by atoms with Crippen LogP contribution in [0.25, 0.3) is 0 Å². The summed E-state index contributed by atoms with van der Waals surface area (Å²) in [5.74, 6) is -0.580. The van der Waals surface area contributed by atoms with Crippen LogP contribution in [0.15, 0.2) is 42.7 Å². The molecule has 0 saturated heterocycles. The van der Waals surface area contributed by atoms with Gasteiger partial charge in [0.25, 0.3) is 0 Å². The molecular weight excluding hydrogens is 269 g/mol. The van der Waals surface area contributed by atoms with Crippen molar-refractivity contribution in [2.45, 2.75) is 6.61 Å². The zero-order valence-electron chi connectivity index (χ0n) is 9.97. The van der Waals surface area contributed by atoms with E-state index in [9.17, 15) is 4.39 Å². The van der Waals surface area contributed by atoms with Gasteiger partial charge in [-0.2, -0.15) is 0 Å². The summed E-state index contributed by atoms with van der Waals surface area (Å²) in [6, 6.07) is 7.82. The van der Waals surface area contributed by atoms with Gasteiger partial charge >= 0.3 is 0 Å². The first-order valence-electron chi connectivity index (χ1n) is 5.32. The van der Waals surface area contributed by atoms with Crippen molar-refractivity contribution >= 4 is 18.2 Å². The first-order valence-corrected chi connectivity index (χ1v) is 5.32. The third kappa shape index (κ3) is 3.93. The van der Waals surface area contributed by atoms with Crippen LogP contribution in [0.1, 0.15) is 11.1 Å². The Morgan fingerprint density at radius 3 is 2.74 bits per heavy atom. The zero-order valence-corrected chi connectivity index (χ0v) is 10.8. The Morgan fingerprint density at radius 1 is 1.37 bits per heavy atom. The molecule has 3 N–H and O–H groups in total. The van der Waals surface area contributed by atoms with Gasteiger partial charge in [-0.3, -0.25) is 10.4 Å². The average molecular weight is 282 g/mol. The average Bonchev–Trinajstić information content (AvgIpc) is 2.38. The smallest absolute Gasteiger partial charge is 0.165 e. The van der Waals surface area contributed by atoms with Gasteiger partial charge in [0.1, 0.15) is 12.4 Å². The number of halogens is 2. The maximum Gasteiger partial charge on any atom is 0.165 e. The minimum Gasteiger partial charge on any atom is -0.486 e. The molecule has 0 bridgehead atoms. The van der Waals surface area contributed by atoms with Crippen molar-refractivity contribution < 1.29 is 9.13 Å². The summed E-state index contributed by atoms with van der Waals surface area (Å²) in [6.07, 6.45) is 3.31. The molecule has 1 aromatic carbocycles. The van der Waals surface area contributed by atoms with Crippen LogP contribution >= 0.6 is 12.4 Å². The first kappa shape index (κ1) is 14.9. The highest BCUT2D eigenvalue weighted by Gasteiger charge is 2.06. The summed E-state index contributed by atoms with van der Waals surface area (Å²) in [5.41, 5.74) is 6.45. The molecule has 2 rings (SSSR count). The number of amidine groups is 1. The van der Waals surface area contributed by atoms with Gasteiger partial charge in [-0.15, -0.1) is 12.4 Å². The Bertz CT molecular complexity index is 563. The van der Waals surface area contributed by atoms with Crippen molar-refractivity contribution in [3.8, 4) is 5.75 Å². The summed E-state index contributed by atoms with van der Waals surface area (Å²) in [7, 11) is 0. The third-order valence-electron chi connectivity index (χ3n) is 2.36. The molecule has 0 saturated carbocycles. The molecule has 100 valence electrons. The van der Waals surface area contributed by atoms with Crippen molar-refractivity contribution in [3.63, 3.8) is 0 Å². The van der Waals surface area contributed by atoms with Crippen LogP contribution in [-0.4, -0.2) is 10.8 Å². The van der Waals surface area contributed by atoms with E-state index in [4.69, 9.17) is 15.9 Å². The van der Waals surface area contributed by atoms with E-state index in [1.54, 1.807) is 24.5 Å². The lowest BCUT2D eigenvalue weighted by Crippen LogP contribution is -2.11. The lowest BCUT2D eigenvalue weighted by molar-refractivity contribution is 0.290. The molecule has 0 unspecified atom stereocenters. The summed E-state index contributed by atoms with van der Waals surface area (Å²) in [6.45, 7) is 0.240. The van der Waals surface area contributed by atoms with Crippen LogP contribution < -0.4 is 10.5 Å². The minimum absolute atomic E-state index is 0. The van der Waals surface area contributed by atoms with Gasteiger partial charge in [0.15, 0.2) is 11.6 Å². The Hall–Kier alpha value is -2.14. The van der Waals surface area contributed by atoms with E-state index >= 15 is 0 Å². The molecule has 0 radical (unpaired) electrons. The first-order chi connectivity index (χ1) is 8.66. The minimum atomic E-state index is -0.536. The Balaban J connectivity index is 0.00000180. The number of hydrogen-bond donors (Lipinski definition) is 2. The third-order valence-corrected chi connectivity index (χ3v) is 2.36. The topological polar surface area (TPSA) is 72.0 Å². The molecule has 0 aliphatic rings. The molecule has 19 heavy (non-hydrogen) atoms. The predicted molar refractivity (Wildman–Crippen MR) is 73.2 cm³/mol. The molecule has 2 aromatic rings. The second-order valence-electron chi connectivity index (χ2n) is 3.71. The predicted octanol–water partition coefficient (Wildman–Crippen LogP) is 2.51. The number of nitrogens with one attached hydrogen (secondary N) is 1. The number of benzene rings is 1. The molecular formula is C13H13ClFN3O. The van der Waals surface area contributed by atoms with Crippen LogP contribution in [-0.2, 0) is 6.61 Å². The standard InChI is InChI=1S/C13H12FN3O.ClH/c14-11-6-10(13(15)16)3-4-12(11)18-8-9-2-1-5-17-7-9;/h1-7H,8H2,(H3,15,16);1H. The van der Waals surface area contributed by atoms with Gasteiger partial charge < -0.3 is 10.5 Å². The number of nitrogen functional groups attached to an aromatic ring is 1. The summed E-state index contributed by atoms with van der Waals surface area (Å²) >= 11 is 0. The highest BCUT2D eigenvalue weighted by molar-refractivity contribution is 5.95. The van der Waals surface area contributed by atoms with Gasteiger partial charge in [0, 0.05) is 23.5 Å². The van der Waals surface area contributed by atoms with Gasteiger partial charge in [0.2, 0.25) is 0 Å². The normalized spacial score (nSPS) is 9.53. The van der Waals surface area contributed by atoms with Crippen molar-refractivity contribution in [1.82, 2.24) is 4.98 Å². The summed E-state index contributed by atoms with van der Waals surface area (Å²) in [5, 5.41) is 7.20. The Labute approximate surface area is 116 Å². The highest BCUT2D eigenvalue weighted by Crippen LogP contribution is 2.19. The van der Waals surface area contributed by atoms with Crippen LogP contribution in [0.4, 0.5) is 4.39 Å². The Kier molecular flexibility index (Phi) is 5.26. The van der Waals surface area contributed by atoms with Crippen molar-refractivity contribution in [1.29, 1.82) is 5.41 Å². The van der Waals surface area contributed by atoms with Crippen molar-refractivity contribution in [3.05, 3.63) is 59.7 Å².